The molecule has 0 aromatic carbocycles. The third-order valence-corrected chi connectivity index (χ3v) is 5.54. The first kappa shape index (κ1) is 18.0. The van der Waals surface area contributed by atoms with Crippen molar-refractivity contribution < 1.29 is 4.79 Å². The summed E-state index contributed by atoms with van der Waals surface area (Å²) in [6, 6.07) is 4.49. The molecular formula is C19H31N5O. The molecule has 0 saturated carbocycles. The lowest BCUT2D eigenvalue weighted by Gasteiger charge is -2.32. The Labute approximate surface area is 151 Å². The van der Waals surface area contributed by atoms with E-state index in [1.54, 1.807) is 0 Å². The Morgan fingerprint density at radius 1 is 1.28 bits per heavy atom. The number of nitrogens with one attached hydrogen (secondary N) is 2. The number of pyridine rings is 1. The van der Waals surface area contributed by atoms with E-state index in [-0.39, 0.29) is 6.03 Å². The molecule has 2 saturated heterocycles. The third kappa shape index (κ3) is 4.84. The van der Waals surface area contributed by atoms with Gasteiger partial charge in [-0.25, -0.2) is 9.78 Å². The van der Waals surface area contributed by atoms with Crippen LogP contribution in [0.25, 0.3) is 0 Å². The van der Waals surface area contributed by atoms with Gasteiger partial charge in [0.1, 0.15) is 5.82 Å². The highest BCUT2D eigenvalue weighted by Crippen LogP contribution is 2.21. The van der Waals surface area contributed by atoms with Crippen LogP contribution in [-0.4, -0.2) is 55.2 Å². The number of nitrogens with zero attached hydrogens (tertiary/aromatic N) is 3. The van der Waals surface area contributed by atoms with Crippen molar-refractivity contribution in [3.63, 3.8) is 0 Å². The van der Waals surface area contributed by atoms with Crippen LogP contribution in [0.4, 0.5) is 10.6 Å². The standard InChI is InChI=1S/C19H31N5O/c1-15-7-11-24(12-8-15)18-4-3-16(13-21-18)14-22-19(25)23(2)17-5-9-20-10-6-17/h3-4,13,15,17,20H,5-12,14H2,1-2H3,(H,22,25). The fourth-order valence-corrected chi connectivity index (χ4v) is 3.61. The number of aromatic nitrogens is 1. The molecule has 0 unspecified atom stereocenters. The maximum absolute atomic E-state index is 12.3. The predicted octanol–water partition coefficient (Wildman–Crippen LogP) is 2.21. The second kappa shape index (κ2) is 8.52. The molecule has 2 amide bonds. The number of piperidine rings is 2. The molecular weight excluding hydrogens is 314 g/mol. The van der Waals surface area contributed by atoms with Gasteiger partial charge in [0.2, 0.25) is 0 Å². The van der Waals surface area contributed by atoms with Gasteiger partial charge in [-0.2, -0.15) is 0 Å². The minimum atomic E-state index is 0.000921. The number of hydrogen-bond donors (Lipinski definition) is 2. The van der Waals surface area contributed by atoms with E-state index < -0.39 is 0 Å². The van der Waals surface area contributed by atoms with Crippen molar-refractivity contribution >= 4 is 11.8 Å². The maximum atomic E-state index is 12.3. The second-order valence-electron chi connectivity index (χ2n) is 7.45. The van der Waals surface area contributed by atoms with E-state index in [0.29, 0.717) is 12.6 Å². The molecule has 1 aromatic rings. The molecule has 6 nitrogen and oxygen atoms in total. The Hall–Kier alpha value is -1.82. The zero-order valence-corrected chi connectivity index (χ0v) is 15.5. The summed E-state index contributed by atoms with van der Waals surface area (Å²) in [5, 5.41) is 6.34. The summed E-state index contributed by atoms with van der Waals surface area (Å²) in [7, 11) is 1.89. The van der Waals surface area contributed by atoms with E-state index in [0.717, 1.165) is 56.3 Å². The molecule has 2 fully saturated rings. The number of amides is 2. The second-order valence-corrected chi connectivity index (χ2v) is 7.45. The number of carbonyl (C=O) groups is 1. The summed E-state index contributed by atoms with van der Waals surface area (Å²) in [4.78, 5) is 21.1. The van der Waals surface area contributed by atoms with Gasteiger partial charge in [0.15, 0.2) is 0 Å². The fraction of sp³-hybridized carbons (Fsp3) is 0.684. The quantitative estimate of drug-likeness (QED) is 0.878. The normalized spacial score (nSPS) is 19.7. The van der Waals surface area contributed by atoms with Gasteiger partial charge in [-0.1, -0.05) is 13.0 Å². The zero-order valence-electron chi connectivity index (χ0n) is 15.5. The van der Waals surface area contributed by atoms with E-state index in [1.807, 2.05) is 18.1 Å². The van der Waals surface area contributed by atoms with Gasteiger partial charge in [-0.15, -0.1) is 0 Å². The Morgan fingerprint density at radius 3 is 2.64 bits per heavy atom. The summed E-state index contributed by atoms with van der Waals surface area (Å²) in [6.07, 6.45) is 6.41. The van der Waals surface area contributed by atoms with Gasteiger partial charge in [0, 0.05) is 38.9 Å². The van der Waals surface area contributed by atoms with Gasteiger partial charge in [0.05, 0.1) is 0 Å². The van der Waals surface area contributed by atoms with Crippen LogP contribution in [0.3, 0.4) is 0 Å². The van der Waals surface area contributed by atoms with Crippen LogP contribution in [0.15, 0.2) is 18.3 Å². The van der Waals surface area contributed by atoms with Gasteiger partial charge in [-0.05, 0) is 56.3 Å². The highest BCUT2D eigenvalue weighted by atomic mass is 16.2. The zero-order chi connectivity index (χ0) is 17.6. The molecule has 0 spiro atoms. The third-order valence-electron chi connectivity index (χ3n) is 5.54. The lowest BCUT2D eigenvalue weighted by Crippen LogP contribution is -2.47. The summed E-state index contributed by atoms with van der Waals surface area (Å²) in [5.41, 5.74) is 1.04. The molecule has 2 N–H and O–H groups in total. The molecule has 0 aliphatic carbocycles. The summed E-state index contributed by atoms with van der Waals surface area (Å²) in [5.74, 6) is 1.87. The maximum Gasteiger partial charge on any atom is 0.317 e. The minimum Gasteiger partial charge on any atom is -0.357 e. The molecule has 3 rings (SSSR count). The summed E-state index contributed by atoms with van der Waals surface area (Å²) >= 11 is 0. The van der Waals surface area contributed by atoms with Crippen molar-refractivity contribution in [2.45, 2.75) is 45.2 Å². The fourth-order valence-electron chi connectivity index (χ4n) is 3.61. The molecule has 6 heteroatoms. The van der Waals surface area contributed by atoms with Crippen LogP contribution in [0.2, 0.25) is 0 Å². The Bertz CT molecular complexity index is 547. The SMILES string of the molecule is CC1CCN(c2ccc(CNC(=O)N(C)C3CCNCC3)cn2)CC1. The number of hydrogen-bond acceptors (Lipinski definition) is 4. The van der Waals surface area contributed by atoms with Crippen molar-refractivity contribution in [3.05, 3.63) is 23.9 Å². The van der Waals surface area contributed by atoms with Crippen molar-refractivity contribution in [2.75, 3.05) is 38.1 Å². The van der Waals surface area contributed by atoms with Crippen molar-refractivity contribution in [1.29, 1.82) is 0 Å². The average molecular weight is 345 g/mol. The van der Waals surface area contributed by atoms with E-state index in [2.05, 4.69) is 39.6 Å². The first-order valence-electron chi connectivity index (χ1n) is 9.54. The largest absolute Gasteiger partial charge is 0.357 e. The monoisotopic (exact) mass is 345 g/mol. The highest BCUT2D eigenvalue weighted by molar-refractivity contribution is 5.74. The lowest BCUT2D eigenvalue weighted by molar-refractivity contribution is 0.176. The molecule has 0 radical (unpaired) electrons. The first-order valence-corrected chi connectivity index (χ1v) is 9.54. The number of rotatable bonds is 4. The Balaban J connectivity index is 1.47. The molecule has 0 atom stereocenters. The lowest BCUT2D eigenvalue weighted by atomic mass is 9.99. The van der Waals surface area contributed by atoms with E-state index in [1.165, 1.54) is 12.8 Å². The van der Waals surface area contributed by atoms with Crippen LogP contribution in [0.5, 0.6) is 0 Å². The van der Waals surface area contributed by atoms with Crippen LogP contribution >= 0.6 is 0 Å². The summed E-state index contributed by atoms with van der Waals surface area (Å²) in [6.45, 7) is 7.00. The molecule has 1 aromatic heterocycles. The average Bonchev–Trinajstić information content (AvgIpc) is 2.67. The van der Waals surface area contributed by atoms with Crippen molar-refractivity contribution in [3.8, 4) is 0 Å². The van der Waals surface area contributed by atoms with Gasteiger partial charge in [0.25, 0.3) is 0 Å². The van der Waals surface area contributed by atoms with Crippen molar-refractivity contribution in [2.24, 2.45) is 5.92 Å². The highest BCUT2D eigenvalue weighted by Gasteiger charge is 2.21. The molecule has 2 aliphatic heterocycles. The van der Waals surface area contributed by atoms with Crippen LogP contribution in [0.1, 0.15) is 38.2 Å². The van der Waals surface area contributed by atoms with Crippen LogP contribution < -0.4 is 15.5 Å². The number of carbonyl (C=O) groups excluding carboxylic acids is 1. The van der Waals surface area contributed by atoms with Gasteiger partial charge in [-0.3, -0.25) is 0 Å². The van der Waals surface area contributed by atoms with Crippen LogP contribution in [-0.2, 0) is 6.54 Å². The number of anilines is 1. The van der Waals surface area contributed by atoms with Gasteiger partial charge < -0.3 is 20.4 Å². The Kier molecular flexibility index (Phi) is 6.13. The molecule has 0 bridgehead atoms. The van der Waals surface area contributed by atoms with E-state index in [9.17, 15) is 4.79 Å². The predicted molar refractivity (Wildman–Crippen MR) is 101 cm³/mol. The first-order chi connectivity index (χ1) is 12.1. The minimum absolute atomic E-state index is 0.000921. The van der Waals surface area contributed by atoms with Crippen LogP contribution in [0, 0.1) is 5.92 Å². The van der Waals surface area contributed by atoms with E-state index >= 15 is 0 Å². The summed E-state index contributed by atoms with van der Waals surface area (Å²) < 4.78 is 0. The van der Waals surface area contributed by atoms with E-state index in [4.69, 9.17) is 0 Å². The van der Waals surface area contributed by atoms with Gasteiger partial charge >= 0.3 is 6.03 Å². The number of urea groups is 1. The van der Waals surface area contributed by atoms with Crippen molar-refractivity contribution in [1.82, 2.24) is 20.5 Å². The Morgan fingerprint density at radius 2 is 2.00 bits per heavy atom. The molecule has 2 aliphatic rings. The molecule has 25 heavy (non-hydrogen) atoms. The molecule has 138 valence electrons. The smallest absolute Gasteiger partial charge is 0.317 e. The topological polar surface area (TPSA) is 60.5 Å². The molecule has 3 heterocycles.